The summed E-state index contributed by atoms with van der Waals surface area (Å²) in [6.45, 7) is -1.94. The Morgan fingerprint density at radius 1 is 1.60 bits per heavy atom. The maximum Gasteiger partial charge on any atom is 0.231 e. The number of ether oxygens (including phenoxy) is 2. The summed E-state index contributed by atoms with van der Waals surface area (Å²) in [6.07, 6.45) is -2.39. The molecule has 0 aromatic heterocycles. The van der Waals surface area contributed by atoms with Crippen molar-refractivity contribution in [3.05, 3.63) is 23.7 Å². The Kier molecular flexibility index (Phi) is 1.20. The molecule has 0 amide bonds. The van der Waals surface area contributed by atoms with Crippen molar-refractivity contribution in [2.24, 2.45) is 0 Å². The van der Waals surface area contributed by atoms with E-state index in [2.05, 4.69) is 5.32 Å². The Balaban J connectivity index is 2.58. The topological polar surface area (TPSA) is 30.5 Å². The number of hydrogen-bond donors (Lipinski definition) is 1. The molecule has 15 heavy (non-hydrogen) atoms. The summed E-state index contributed by atoms with van der Waals surface area (Å²) in [6, 6.07) is -2.95. The van der Waals surface area contributed by atoms with Crippen molar-refractivity contribution in [2.75, 3.05) is 13.2 Å². The molecular weight excluding hydrogens is 190 g/mol. The lowest BCUT2D eigenvalue weighted by molar-refractivity contribution is 0.174. The van der Waals surface area contributed by atoms with Crippen molar-refractivity contribution >= 4 is 0 Å². The molecule has 0 aliphatic carbocycles. The smallest absolute Gasteiger partial charge is 0.231 e. The van der Waals surface area contributed by atoms with Gasteiger partial charge < -0.3 is 14.8 Å². The molecule has 1 aliphatic rings. The molecule has 0 radical (unpaired) electrons. The normalized spacial score (nSPS) is 29.3. The highest BCUT2D eigenvalue weighted by Gasteiger charge is 2.13. The first-order chi connectivity index (χ1) is 10.7. The fourth-order valence-electron chi connectivity index (χ4n) is 1.17. The standard InChI is InChI=1S/C12H17NO2/c1-3-13-9(2)6-10-4-5-11-12(7-10)15-8-14-11/h4-5,7,9,13H,3,6,8H2,1-2H3/t9-/m1/s1/i3D2,4D,5D,6D2,7D,8D2. The van der Waals surface area contributed by atoms with Crippen LogP contribution in [0.5, 0.6) is 11.5 Å². The first kappa shape index (κ1) is 3.98. The summed E-state index contributed by atoms with van der Waals surface area (Å²) in [7, 11) is 0. The van der Waals surface area contributed by atoms with Crippen molar-refractivity contribution in [1.29, 1.82) is 0 Å². The molecule has 0 bridgehead atoms. The fraction of sp³-hybridized carbons (Fsp3) is 0.500. The number of benzene rings is 1. The fourth-order valence-corrected chi connectivity index (χ4v) is 1.17. The van der Waals surface area contributed by atoms with E-state index in [1.165, 1.54) is 13.8 Å². The van der Waals surface area contributed by atoms with Crippen molar-refractivity contribution in [2.45, 2.75) is 26.3 Å². The molecule has 0 saturated heterocycles. The SMILES string of the molecule is [2H]c1c([2H])c(C([2H])([2H])[C@@H](C)NC([2H])([2H])C)c([2H])c2c1OC([2H])([2H])O2. The number of likely N-dealkylation sites (N-methyl/N-ethyl adjacent to an activating group) is 1. The lowest BCUT2D eigenvalue weighted by Gasteiger charge is -2.12. The average molecular weight is 216 g/mol. The highest BCUT2D eigenvalue weighted by atomic mass is 16.7. The third-order valence-corrected chi connectivity index (χ3v) is 1.75. The molecule has 3 nitrogen and oxygen atoms in total. The van der Waals surface area contributed by atoms with Gasteiger partial charge in [0.2, 0.25) is 6.75 Å². The minimum atomic E-state index is -2.60. The first-order valence-electron chi connectivity index (χ1n) is 8.97. The first-order valence-corrected chi connectivity index (χ1v) is 4.47. The van der Waals surface area contributed by atoms with E-state index in [-0.39, 0.29) is 0 Å². The van der Waals surface area contributed by atoms with Crippen LogP contribution >= 0.6 is 0 Å². The van der Waals surface area contributed by atoms with Gasteiger partial charge in [-0.25, -0.2) is 0 Å². The maximum absolute atomic E-state index is 8.22. The van der Waals surface area contributed by atoms with E-state index in [1.807, 2.05) is 0 Å². The van der Waals surface area contributed by atoms with Gasteiger partial charge in [-0.2, -0.15) is 0 Å². The zero-order valence-electron chi connectivity index (χ0n) is 17.4. The van der Waals surface area contributed by atoms with Crippen molar-refractivity contribution in [1.82, 2.24) is 5.32 Å². The summed E-state index contributed by atoms with van der Waals surface area (Å²) in [4.78, 5) is 0. The molecule has 3 heteroatoms. The molecule has 0 unspecified atom stereocenters. The monoisotopic (exact) mass is 216 g/mol. The predicted octanol–water partition coefficient (Wildman–Crippen LogP) is 1.96. The van der Waals surface area contributed by atoms with Gasteiger partial charge in [0.05, 0.1) is 4.11 Å². The van der Waals surface area contributed by atoms with Gasteiger partial charge in [0.25, 0.3) is 0 Å². The van der Waals surface area contributed by atoms with Gasteiger partial charge in [-0.3, -0.25) is 0 Å². The number of hydrogen-bond acceptors (Lipinski definition) is 3. The van der Waals surface area contributed by atoms with Crippen LogP contribution in [0.4, 0.5) is 0 Å². The van der Waals surface area contributed by atoms with E-state index in [0.29, 0.717) is 0 Å². The van der Waals surface area contributed by atoms with Gasteiger partial charge in [-0.05, 0) is 37.4 Å². The van der Waals surface area contributed by atoms with Crippen LogP contribution in [0.1, 0.15) is 31.7 Å². The van der Waals surface area contributed by atoms with E-state index in [0.717, 1.165) is 0 Å². The second-order valence-corrected chi connectivity index (χ2v) is 2.96. The molecule has 1 aliphatic heterocycles. The highest BCUT2D eigenvalue weighted by Crippen LogP contribution is 2.32. The van der Waals surface area contributed by atoms with Gasteiger partial charge >= 0.3 is 0 Å². The molecule has 2 rings (SSSR count). The predicted molar refractivity (Wildman–Crippen MR) is 59.4 cm³/mol. The van der Waals surface area contributed by atoms with Crippen LogP contribution in [0.3, 0.4) is 0 Å². The number of fused-ring (bicyclic) bond motifs is 1. The van der Waals surface area contributed by atoms with E-state index in [1.54, 1.807) is 0 Å². The van der Waals surface area contributed by atoms with Gasteiger partial charge in [-0.15, -0.1) is 0 Å². The molecule has 1 aromatic carbocycles. The van der Waals surface area contributed by atoms with E-state index in [9.17, 15) is 0 Å². The molecule has 0 spiro atoms. The molecule has 1 aromatic rings. The van der Waals surface area contributed by atoms with Crippen LogP contribution in [0.2, 0.25) is 0 Å². The zero-order chi connectivity index (χ0) is 18.7. The van der Waals surface area contributed by atoms with E-state index in [4.69, 9.17) is 21.8 Å². The molecular formula is C12H17NO2. The Morgan fingerprint density at radius 3 is 3.20 bits per heavy atom. The summed E-state index contributed by atoms with van der Waals surface area (Å²) >= 11 is 0. The summed E-state index contributed by atoms with van der Waals surface area (Å²) in [5, 5.41) is 2.40. The van der Waals surface area contributed by atoms with Gasteiger partial charge in [0.1, 0.15) is 2.74 Å². The Labute approximate surface area is 103 Å². The maximum atomic E-state index is 8.22. The summed E-state index contributed by atoms with van der Waals surface area (Å²) < 4.78 is 79.8. The highest BCUT2D eigenvalue weighted by molar-refractivity contribution is 5.44. The van der Waals surface area contributed by atoms with Crippen LogP contribution in [0, 0.1) is 0 Å². The molecule has 1 atom stereocenters. The Morgan fingerprint density at radius 2 is 2.40 bits per heavy atom. The quantitative estimate of drug-likeness (QED) is 0.834. The summed E-state index contributed by atoms with van der Waals surface area (Å²) in [5.74, 6) is -0.854. The molecule has 82 valence electrons. The molecule has 0 saturated carbocycles. The third kappa shape index (κ3) is 2.42. The van der Waals surface area contributed by atoms with Crippen molar-refractivity contribution in [3.8, 4) is 11.5 Å². The van der Waals surface area contributed by atoms with Gasteiger partial charge in [0, 0.05) is 11.5 Å². The van der Waals surface area contributed by atoms with Crippen molar-refractivity contribution < 1.29 is 21.8 Å². The van der Waals surface area contributed by atoms with Crippen LogP contribution in [-0.2, 0) is 6.37 Å². The molecule has 1 N–H and O–H groups in total. The van der Waals surface area contributed by atoms with Crippen LogP contribution in [-0.4, -0.2) is 19.3 Å². The molecule has 0 fully saturated rings. The molecule has 1 heterocycles. The zero-order valence-corrected chi connectivity index (χ0v) is 8.39. The lowest BCUT2D eigenvalue weighted by atomic mass is 10.1. The minimum Gasteiger partial charge on any atom is -0.454 e. The Hall–Kier alpha value is -1.22. The van der Waals surface area contributed by atoms with Crippen LogP contribution in [0.25, 0.3) is 0 Å². The van der Waals surface area contributed by atoms with E-state index < -0.39 is 60.8 Å². The third-order valence-electron chi connectivity index (χ3n) is 1.75. The second kappa shape index (κ2) is 4.53. The average Bonchev–Trinajstić information content (AvgIpc) is 2.70. The minimum absolute atomic E-state index is 0.416. The number of nitrogens with one attached hydrogen (secondary N) is 1. The number of rotatable bonds is 4. The van der Waals surface area contributed by atoms with Gasteiger partial charge in [-0.1, -0.05) is 13.0 Å². The van der Waals surface area contributed by atoms with Crippen LogP contribution < -0.4 is 14.8 Å². The van der Waals surface area contributed by atoms with Crippen LogP contribution in [0.15, 0.2) is 18.1 Å². The Bertz CT molecular complexity index is 672. The summed E-state index contributed by atoms with van der Waals surface area (Å²) in [5.41, 5.74) is -0.489. The van der Waals surface area contributed by atoms with Gasteiger partial charge in [0.15, 0.2) is 11.5 Å². The second-order valence-electron chi connectivity index (χ2n) is 2.96. The van der Waals surface area contributed by atoms with E-state index >= 15 is 0 Å². The lowest BCUT2D eigenvalue weighted by Crippen LogP contribution is -2.27. The van der Waals surface area contributed by atoms with Crippen molar-refractivity contribution in [3.63, 3.8) is 0 Å². The largest absolute Gasteiger partial charge is 0.454 e.